The van der Waals surface area contributed by atoms with Crippen LogP contribution in [0.25, 0.3) is 0 Å². The van der Waals surface area contributed by atoms with Crippen LogP contribution < -0.4 is 11.1 Å². The van der Waals surface area contributed by atoms with E-state index in [9.17, 15) is 9.59 Å². The van der Waals surface area contributed by atoms with Crippen LogP contribution in [0.1, 0.15) is 18.4 Å². The van der Waals surface area contributed by atoms with Gasteiger partial charge in [0, 0.05) is 25.2 Å². The van der Waals surface area contributed by atoms with Crippen molar-refractivity contribution in [3.63, 3.8) is 0 Å². The van der Waals surface area contributed by atoms with Gasteiger partial charge in [-0.2, -0.15) is 0 Å². The van der Waals surface area contributed by atoms with Gasteiger partial charge >= 0.3 is 6.03 Å². The molecule has 0 saturated heterocycles. The molecule has 3 amide bonds. The quantitative estimate of drug-likeness (QED) is 0.825. The van der Waals surface area contributed by atoms with Gasteiger partial charge in [-0.15, -0.1) is 0 Å². The summed E-state index contributed by atoms with van der Waals surface area (Å²) < 4.78 is 0. The van der Waals surface area contributed by atoms with Gasteiger partial charge < -0.3 is 16.0 Å². The number of benzene rings is 2. The first-order valence-electron chi connectivity index (χ1n) is 7.58. The molecule has 0 unspecified atom stereocenters. The Bertz CT molecular complexity index is 629. The fraction of sp³-hybridized carbons (Fsp3) is 0.222. The van der Waals surface area contributed by atoms with Crippen molar-refractivity contribution in [1.82, 2.24) is 4.90 Å². The van der Waals surface area contributed by atoms with Crippen molar-refractivity contribution < 1.29 is 9.59 Å². The van der Waals surface area contributed by atoms with Crippen LogP contribution in [0.15, 0.2) is 60.7 Å². The zero-order chi connectivity index (χ0) is 16.5. The van der Waals surface area contributed by atoms with Gasteiger partial charge in [0.05, 0.1) is 0 Å². The molecule has 0 aliphatic heterocycles. The van der Waals surface area contributed by atoms with E-state index in [2.05, 4.69) is 5.32 Å². The molecule has 0 fully saturated rings. The van der Waals surface area contributed by atoms with Crippen LogP contribution in [0.5, 0.6) is 0 Å². The first-order chi connectivity index (χ1) is 11.1. The monoisotopic (exact) mass is 311 g/mol. The van der Waals surface area contributed by atoms with Crippen LogP contribution in [0.3, 0.4) is 0 Å². The number of anilines is 1. The number of rotatable bonds is 7. The highest BCUT2D eigenvalue weighted by molar-refractivity contribution is 5.89. The summed E-state index contributed by atoms with van der Waals surface area (Å²) in [5, 5.41) is 2.87. The van der Waals surface area contributed by atoms with Gasteiger partial charge in [0.15, 0.2) is 0 Å². The number of primary amides is 1. The highest BCUT2D eigenvalue weighted by atomic mass is 16.2. The Labute approximate surface area is 136 Å². The Morgan fingerprint density at radius 3 is 2.17 bits per heavy atom. The molecule has 2 rings (SSSR count). The fourth-order valence-corrected chi connectivity index (χ4v) is 2.22. The zero-order valence-corrected chi connectivity index (χ0v) is 12.9. The third-order valence-electron chi connectivity index (χ3n) is 3.38. The van der Waals surface area contributed by atoms with Gasteiger partial charge in [-0.25, -0.2) is 4.79 Å². The molecule has 0 bridgehead atoms. The lowest BCUT2D eigenvalue weighted by atomic mass is 10.2. The summed E-state index contributed by atoms with van der Waals surface area (Å²) >= 11 is 0. The lowest BCUT2D eigenvalue weighted by Gasteiger charge is -2.23. The van der Waals surface area contributed by atoms with Crippen molar-refractivity contribution in [1.29, 1.82) is 0 Å². The number of urea groups is 1. The van der Waals surface area contributed by atoms with Gasteiger partial charge in [-0.05, 0) is 24.1 Å². The van der Waals surface area contributed by atoms with Crippen LogP contribution in [0.4, 0.5) is 10.5 Å². The van der Waals surface area contributed by atoms with Crippen molar-refractivity contribution in [2.75, 3.05) is 11.9 Å². The van der Waals surface area contributed by atoms with Crippen LogP contribution in [-0.2, 0) is 11.3 Å². The van der Waals surface area contributed by atoms with Gasteiger partial charge in [-0.3, -0.25) is 4.79 Å². The van der Waals surface area contributed by atoms with Crippen LogP contribution in [0.2, 0.25) is 0 Å². The van der Waals surface area contributed by atoms with Gasteiger partial charge in [-0.1, -0.05) is 48.5 Å². The minimum absolute atomic E-state index is 0.190. The van der Waals surface area contributed by atoms with Crippen LogP contribution in [-0.4, -0.2) is 23.4 Å². The first-order valence-corrected chi connectivity index (χ1v) is 7.58. The van der Waals surface area contributed by atoms with E-state index in [0.29, 0.717) is 19.5 Å². The number of hydrogen-bond acceptors (Lipinski definition) is 2. The molecule has 0 heterocycles. The lowest BCUT2D eigenvalue weighted by Crippen LogP contribution is -2.35. The maximum Gasteiger partial charge on any atom is 0.322 e. The maximum absolute atomic E-state index is 12.5. The molecule has 0 aliphatic carbocycles. The number of carbonyl (C=O) groups excluding carboxylic acids is 2. The van der Waals surface area contributed by atoms with Crippen molar-refractivity contribution in [2.24, 2.45) is 5.73 Å². The van der Waals surface area contributed by atoms with E-state index >= 15 is 0 Å². The number of amides is 3. The maximum atomic E-state index is 12.5. The van der Waals surface area contributed by atoms with Crippen LogP contribution in [0, 0.1) is 0 Å². The molecule has 0 atom stereocenters. The highest BCUT2D eigenvalue weighted by Crippen LogP contribution is 2.11. The summed E-state index contributed by atoms with van der Waals surface area (Å²) in [6, 6.07) is 18.9. The molecular weight excluding hydrogens is 290 g/mol. The van der Waals surface area contributed by atoms with Gasteiger partial charge in [0.2, 0.25) is 5.91 Å². The molecule has 23 heavy (non-hydrogen) atoms. The molecule has 3 N–H and O–H groups in total. The average Bonchev–Trinajstić information content (AvgIpc) is 2.55. The summed E-state index contributed by atoms with van der Waals surface area (Å²) in [6.07, 6.45) is 0.814. The van der Waals surface area contributed by atoms with Gasteiger partial charge in [0.1, 0.15) is 0 Å². The van der Waals surface area contributed by atoms with Crippen molar-refractivity contribution in [3.05, 3.63) is 66.2 Å². The fourth-order valence-electron chi connectivity index (χ4n) is 2.22. The third-order valence-corrected chi connectivity index (χ3v) is 3.38. The number of nitrogens with one attached hydrogen (secondary N) is 1. The van der Waals surface area contributed by atoms with Crippen molar-refractivity contribution >= 4 is 17.6 Å². The van der Waals surface area contributed by atoms with E-state index in [1.165, 1.54) is 0 Å². The molecule has 0 saturated carbocycles. The summed E-state index contributed by atoms with van der Waals surface area (Å²) in [5.41, 5.74) is 6.95. The lowest BCUT2D eigenvalue weighted by molar-refractivity contribution is -0.118. The smallest absolute Gasteiger partial charge is 0.322 e. The second-order valence-corrected chi connectivity index (χ2v) is 5.27. The van der Waals surface area contributed by atoms with E-state index in [1.807, 2.05) is 60.7 Å². The first kappa shape index (κ1) is 16.5. The number of carbonyl (C=O) groups is 2. The third kappa shape index (κ3) is 5.82. The summed E-state index contributed by atoms with van der Waals surface area (Å²) in [7, 11) is 0. The molecule has 0 spiro atoms. The minimum Gasteiger partial charge on any atom is -0.370 e. The molecule has 0 aliphatic rings. The van der Waals surface area contributed by atoms with Gasteiger partial charge in [0.25, 0.3) is 0 Å². The topological polar surface area (TPSA) is 75.4 Å². The minimum atomic E-state index is -0.354. The normalized spacial score (nSPS) is 10.1. The van der Waals surface area contributed by atoms with E-state index < -0.39 is 0 Å². The predicted molar refractivity (Wildman–Crippen MR) is 90.7 cm³/mol. The Morgan fingerprint density at radius 1 is 0.957 bits per heavy atom. The second kappa shape index (κ2) is 8.58. The molecule has 5 heteroatoms. The molecule has 2 aromatic rings. The largest absolute Gasteiger partial charge is 0.370 e. The number of nitrogens with two attached hydrogens (primary N) is 1. The van der Waals surface area contributed by atoms with Crippen molar-refractivity contribution in [2.45, 2.75) is 19.4 Å². The number of hydrogen-bond donors (Lipinski definition) is 2. The summed E-state index contributed by atoms with van der Waals surface area (Å²) in [6.45, 7) is 0.953. The second-order valence-electron chi connectivity index (χ2n) is 5.27. The zero-order valence-electron chi connectivity index (χ0n) is 12.9. The number of nitrogens with zero attached hydrogens (tertiary/aromatic N) is 1. The predicted octanol–water partition coefficient (Wildman–Crippen LogP) is 2.99. The molecular formula is C18H21N3O2. The Balaban J connectivity index is 2.02. The standard InChI is InChI=1S/C18H21N3O2/c19-17(22)12-7-13-21(14-15-8-3-1-4-9-15)18(23)20-16-10-5-2-6-11-16/h1-6,8-11H,7,12-14H2,(H2,19,22)(H,20,23). The average molecular weight is 311 g/mol. The van der Waals surface area contributed by atoms with E-state index in [4.69, 9.17) is 5.73 Å². The Morgan fingerprint density at radius 2 is 1.57 bits per heavy atom. The SMILES string of the molecule is NC(=O)CCCN(Cc1ccccc1)C(=O)Nc1ccccc1. The summed E-state index contributed by atoms with van der Waals surface area (Å²) in [5.74, 6) is -0.354. The van der Waals surface area contributed by atoms with Crippen molar-refractivity contribution in [3.8, 4) is 0 Å². The molecule has 2 aromatic carbocycles. The molecule has 0 aromatic heterocycles. The molecule has 120 valence electrons. The molecule has 0 radical (unpaired) electrons. The van der Waals surface area contributed by atoms with Crippen LogP contribution >= 0.6 is 0 Å². The Hall–Kier alpha value is -2.82. The molecule has 5 nitrogen and oxygen atoms in total. The highest BCUT2D eigenvalue weighted by Gasteiger charge is 2.14. The summed E-state index contributed by atoms with van der Waals surface area (Å²) in [4.78, 5) is 25.1. The van der Waals surface area contributed by atoms with E-state index in [1.54, 1.807) is 4.90 Å². The van der Waals surface area contributed by atoms with E-state index in [0.717, 1.165) is 11.3 Å². The van der Waals surface area contributed by atoms with E-state index in [-0.39, 0.29) is 18.4 Å². The Kier molecular flexibility index (Phi) is 6.17. The number of para-hydroxylation sites is 1.